The number of allylic oxidation sites excluding steroid dienone is 2. The summed E-state index contributed by atoms with van der Waals surface area (Å²) in [7, 11) is 0. The molecule has 2 rings (SSSR count). The van der Waals surface area contributed by atoms with Gasteiger partial charge in [0.25, 0.3) is 0 Å². The molecule has 2 heteroatoms. The Labute approximate surface area is 110 Å². The normalized spacial score (nSPS) is 21.5. The second-order valence-electron chi connectivity index (χ2n) is 7.07. The minimum Gasteiger partial charge on any atom is -0.397 e. The average molecular weight is 244 g/mol. The summed E-state index contributed by atoms with van der Waals surface area (Å²) in [6, 6.07) is 1.97. The zero-order valence-electron chi connectivity index (χ0n) is 12.2. The van der Waals surface area contributed by atoms with Crippen molar-refractivity contribution in [1.29, 1.82) is 0 Å². The standard InChI is InChI=1S/C16H24N2/c1-11-6-7-18-14(13(11)17)12-8-15(2,3)10-16(4,5)9-12/h6-8H,9-10,17H2,1-5H3. The molecule has 1 aliphatic carbocycles. The van der Waals surface area contributed by atoms with Crippen LogP contribution in [0.5, 0.6) is 0 Å². The molecule has 1 aromatic rings. The third-order valence-electron chi connectivity index (χ3n) is 3.68. The maximum absolute atomic E-state index is 6.19. The lowest BCUT2D eigenvalue weighted by molar-refractivity contribution is 0.228. The predicted octanol–water partition coefficient (Wildman–Crippen LogP) is 4.20. The van der Waals surface area contributed by atoms with Crippen LogP contribution in [0.15, 0.2) is 18.3 Å². The molecule has 0 fully saturated rings. The molecule has 0 saturated carbocycles. The van der Waals surface area contributed by atoms with Gasteiger partial charge in [-0.1, -0.05) is 33.8 Å². The fraction of sp³-hybridized carbons (Fsp3) is 0.562. The lowest BCUT2D eigenvalue weighted by atomic mass is 9.66. The Morgan fingerprint density at radius 2 is 1.89 bits per heavy atom. The molecule has 2 nitrogen and oxygen atoms in total. The molecule has 1 aliphatic rings. The highest BCUT2D eigenvalue weighted by atomic mass is 14.7. The molecule has 0 spiro atoms. The molecule has 2 N–H and O–H groups in total. The molecule has 0 saturated heterocycles. The Bertz CT molecular complexity index is 496. The summed E-state index contributed by atoms with van der Waals surface area (Å²) in [6.07, 6.45) is 6.47. The van der Waals surface area contributed by atoms with Gasteiger partial charge in [0.15, 0.2) is 0 Å². The Balaban J connectivity index is 2.50. The fourth-order valence-corrected chi connectivity index (χ4v) is 3.36. The first-order valence-electron chi connectivity index (χ1n) is 6.63. The smallest absolute Gasteiger partial charge is 0.0890 e. The highest BCUT2D eigenvalue weighted by Crippen LogP contribution is 2.47. The topological polar surface area (TPSA) is 38.9 Å². The number of rotatable bonds is 1. The van der Waals surface area contributed by atoms with Crippen molar-refractivity contribution < 1.29 is 0 Å². The quantitative estimate of drug-likeness (QED) is 0.804. The Hall–Kier alpha value is -1.31. The van der Waals surface area contributed by atoms with Crippen LogP contribution in [0.4, 0.5) is 5.69 Å². The zero-order chi connectivity index (χ0) is 13.6. The summed E-state index contributed by atoms with van der Waals surface area (Å²) in [5.41, 5.74) is 10.9. The van der Waals surface area contributed by atoms with Crippen LogP contribution >= 0.6 is 0 Å². The van der Waals surface area contributed by atoms with Crippen molar-refractivity contribution in [3.05, 3.63) is 29.6 Å². The van der Waals surface area contributed by atoms with Crippen molar-refractivity contribution in [1.82, 2.24) is 4.98 Å². The molecule has 0 unspecified atom stereocenters. The molecule has 0 amide bonds. The number of aromatic nitrogens is 1. The number of hydrogen-bond acceptors (Lipinski definition) is 2. The Kier molecular flexibility index (Phi) is 3.00. The monoisotopic (exact) mass is 244 g/mol. The number of aryl methyl sites for hydroxylation is 1. The van der Waals surface area contributed by atoms with Crippen molar-refractivity contribution in [2.75, 3.05) is 5.73 Å². The van der Waals surface area contributed by atoms with E-state index in [1.165, 1.54) is 12.0 Å². The van der Waals surface area contributed by atoms with Crippen LogP contribution in [0, 0.1) is 17.8 Å². The first kappa shape index (κ1) is 13.1. The summed E-state index contributed by atoms with van der Waals surface area (Å²) < 4.78 is 0. The van der Waals surface area contributed by atoms with Crippen LogP contribution in [0.3, 0.4) is 0 Å². The zero-order valence-corrected chi connectivity index (χ0v) is 12.2. The number of nitrogen functional groups attached to an aromatic ring is 1. The molecule has 1 heterocycles. The van der Waals surface area contributed by atoms with Gasteiger partial charge in [-0.2, -0.15) is 0 Å². The fourth-order valence-electron chi connectivity index (χ4n) is 3.36. The molecule has 0 radical (unpaired) electrons. The third-order valence-corrected chi connectivity index (χ3v) is 3.68. The molecule has 0 bridgehead atoms. The molecule has 0 aliphatic heterocycles. The third kappa shape index (κ3) is 2.58. The SMILES string of the molecule is Cc1ccnc(C2=CC(C)(C)CC(C)(C)C2)c1N. The lowest BCUT2D eigenvalue weighted by Crippen LogP contribution is -2.27. The van der Waals surface area contributed by atoms with Gasteiger partial charge in [-0.05, 0) is 47.8 Å². The lowest BCUT2D eigenvalue weighted by Gasteiger charge is -2.39. The minimum atomic E-state index is 0.217. The summed E-state index contributed by atoms with van der Waals surface area (Å²) in [5, 5.41) is 0. The van der Waals surface area contributed by atoms with E-state index < -0.39 is 0 Å². The van der Waals surface area contributed by atoms with Crippen molar-refractivity contribution in [2.24, 2.45) is 10.8 Å². The number of pyridine rings is 1. The van der Waals surface area contributed by atoms with E-state index in [1.54, 1.807) is 0 Å². The van der Waals surface area contributed by atoms with Crippen LogP contribution in [-0.4, -0.2) is 4.98 Å². The summed E-state index contributed by atoms with van der Waals surface area (Å²) in [5.74, 6) is 0. The van der Waals surface area contributed by atoms with Crippen LogP contribution in [0.2, 0.25) is 0 Å². The van der Waals surface area contributed by atoms with Crippen LogP contribution < -0.4 is 5.73 Å². The van der Waals surface area contributed by atoms with Gasteiger partial charge in [0.05, 0.1) is 11.4 Å². The highest BCUT2D eigenvalue weighted by Gasteiger charge is 2.34. The molecule has 18 heavy (non-hydrogen) atoms. The number of anilines is 1. The van der Waals surface area contributed by atoms with E-state index >= 15 is 0 Å². The molecular formula is C16H24N2. The highest BCUT2D eigenvalue weighted by molar-refractivity contribution is 5.75. The van der Waals surface area contributed by atoms with E-state index in [1.807, 2.05) is 19.2 Å². The maximum atomic E-state index is 6.19. The molecule has 1 aromatic heterocycles. The van der Waals surface area contributed by atoms with Crippen molar-refractivity contribution >= 4 is 11.3 Å². The van der Waals surface area contributed by atoms with Crippen molar-refractivity contribution in [3.8, 4) is 0 Å². The van der Waals surface area contributed by atoms with Gasteiger partial charge < -0.3 is 5.73 Å². The van der Waals surface area contributed by atoms with E-state index in [-0.39, 0.29) is 5.41 Å². The number of nitrogens with two attached hydrogens (primary N) is 1. The van der Waals surface area contributed by atoms with E-state index in [2.05, 4.69) is 38.8 Å². The van der Waals surface area contributed by atoms with E-state index in [0.29, 0.717) is 5.41 Å². The largest absolute Gasteiger partial charge is 0.397 e. The summed E-state index contributed by atoms with van der Waals surface area (Å²) in [4.78, 5) is 4.50. The van der Waals surface area contributed by atoms with Gasteiger partial charge in [-0.25, -0.2) is 0 Å². The summed E-state index contributed by atoms with van der Waals surface area (Å²) in [6.45, 7) is 11.3. The second-order valence-corrected chi connectivity index (χ2v) is 7.07. The molecule has 98 valence electrons. The van der Waals surface area contributed by atoms with Gasteiger partial charge in [0, 0.05) is 6.20 Å². The average Bonchev–Trinajstić information content (AvgIpc) is 2.17. The van der Waals surface area contributed by atoms with Crippen molar-refractivity contribution in [2.45, 2.75) is 47.5 Å². The molecule has 0 atom stereocenters. The minimum absolute atomic E-state index is 0.217. The van der Waals surface area contributed by atoms with Crippen LogP contribution in [0.1, 0.15) is 51.8 Å². The number of hydrogen-bond donors (Lipinski definition) is 1. The predicted molar refractivity (Wildman–Crippen MR) is 78.2 cm³/mol. The van der Waals surface area contributed by atoms with Gasteiger partial charge in [0.1, 0.15) is 0 Å². The molecule has 0 aromatic carbocycles. The van der Waals surface area contributed by atoms with Crippen LogP contribution in [-0.2, 0) is 0 Å². The van der Waals surface area contributed by atoms with Crippen molar-refractivity contribution in [3.63, 3.8) is 0 Å². The van der Waals surface area contributed by atoms with Crippen LogP contribution in [0.25, 0.3) is 5.57 Å². The second kappa shape index (κ2) is 4.11. The van der Waals surface area contributed by atoms with E-state index in [4.69, 9.17) is 5.73 Å². The Morgan fingerprint density at radius 1 is 1.22 bits per heavy atom. The van der Waals surface area contributed by atoms with Gasteiger partial charge in [0.2, 0.25) is 0 Å². The van der Waals surface area contributed by atoms with E-state index in [0.717, 1.165) is 23.4 Å². The summed E-state index contributed by atoms with van der Waals surface area (Å²) >= 11 is 0. The van der Waals surface area contributed by atoms with Gasteiger partial charge >= 0.3 is 0 Å². The molecular weight excluding hydrogens is 220 g/mol. The number of nitrogens with zero attached hydrogens (tertiary/aromatic N) is 1. The first-order chi connectivity index (χ1) is 8.20. The first-order valence-corrected chi connectivity index (χ1v) is 6.63. The Morgan fingerprint density at radius 3 is 2.50 bits per heavy atom. The van der Waals surface area contributed by atoms with Gasteiger partial charge in [-0.15, -0.1) is 0 Å². The van der Waals surface area contributed by atoms with E-state index in [9.17, 15) is 0 Å². The maximum Gasteiger partial charge on any atom is 0.0890 e. The van der Waals surface area contributed by atoms with Gasteiger partial charge in [-0.3, -0.25) is 4.98 Å².